The fourth-order valence-electron chi connectivity index (χ4n) is 2.06. The van der Waals surface area contributed by atoms with Gasteiger partial charge in [-0.25, -0.2) is 4.98 Å². The molecular formula is C13H11N7O2S. The van der Waals surface area contributed by atoms with Crippen LogP contribution >= 0.6 is 11.3 Å². The van der Waals surface area contributed by atoms with Crippen LogP contribution in [0.15, 0.2) is 46.0 Å². The highest BCUT2D eigenvalue weighted by Crippen LogP contribution is 2.28. The van der Waals surface area contributed by atoms with Crippen LogP contribution in [-0.2, 0) is 0 Å². The van der Waals surface area contributed by atoms with E-state index in [1.807, 2.05) is 16.0 Å². The van der Waals surface area contributed by atoms with Crippen molar-refractivity contribution in [1.82, 2.24) is 9.38 Å². The second-order valence-corrected chi connectivity index (χ2v) is 5.35. The van der Waals surface area contributed by atoms with E-state index in [0.29, 0.717) is 17.0 Å². The average Bonchev–Trinajstić information content (AvgIpc) is 3.09. The molecule has 0 radical (unpaired) electrons. The maximum absolute atomic E-state index is 10.9. The van der Waals surface area contributed by atoms with E-state index in [-0.39, 0.29) is 11.6 Å². The lowest BCUT2D eigenvalue weighted by molar-refractivity contribution is -0.384. The van der Waals surface area contributed by atoms with Crippen LogP contribution in [0.2, 0.25) is 0 Å². The number of nitrogens with two attached hydrogens (primary N) is 2. The Morgan fingerprint density at radius 2 is 2.26 bits per heavy atom. The third-order valence-corrected chi connectivity index (χ3v) is 3.74. The first-order chi connectivity index (χ1) is 11.1. The summed E-state index contributed by atoms with van der Waals surface area (Å²) in [7, 11) is 0. The van der Waals surface area contributed by atoms with E-state index < -0.39 is 4.92 Å². The Hall–Kier alpha value is -3.27. The number of nitrogens with zero attached hydrogens (tertiary/aromatic N) is 5. The van der Waals surface area contributed by atoms with E-state index in [0.717, 1.165) is 4.96 Å². The van der Waals surface area contributed by atoms with Crippen LogP contribution < -0.4 is 11.5 Å². The van der Waals surface area contributed by atoms with Crippen molar-refractivity contribution >= 4 is 34.2 Å². The van der Waals surface area contributed by atoms with E-state index in [4.69, 9.17) is 11.5 Å². The number of rotatable bonds is 4. The lowest BCUT2D eigenvalue weighted by Gasteiger charge is -1.99. The van der Waals surface area contributed by atoms with Crippen molar-refractivity contribution in [3.8, 4) is 11.3 Å². The summed E-state index contributed by atoms with van der Waals surface area (Å²) in [5.74, 6) is -0.163. The fraction of sp³-hybridized carbons (Fsp3) is 0. The standard InChI is InChI=1S/C13H11N7O2S/c14-12(15)18-16-7-10-11(17-13-19(10)4-5-23-13)8-2-1-3-9(6-8)20(21)22/h1-7H,(H4,14,15,18)/b16-7-. The summed E-state index contributed by atoms with van der Waals surface area (Å²) in [4.78, 5) is 15.7. The van der Waals surface area contributed by atoms with E-state index in [9.17, 15) is 10.1 Å². The average molecular weight is 329 g/mol. The van der Waals surface area contributed by atoms with Crippen LogP contribution in [0, 0.1) is 10.1 Å². The number of hydrogen-bond acceptors (Lipinski definition) is 6. The molecule has 116 valence electrons. The van der Waals surface area contributed by atoms with Gasteiger partial charge in [-0.3, -0.25) is 14.5 Å². The van der Waals surface area contributed by atoms with Gasteiger partial charge in [-0.05, 0) is 0 Å². The molecule has 0 aliphatic carbocycles. The van der Waals surface area contributed by atoms with Gasteiger partial charge in [-0.2, -0.15) is 5.10 Å². The molecule has 0 atom stereocenters. The first-order valence-electron chi connectivity index (χ1n) is 6.38. The highest BCUT2D eigenvalue weighted by atomic mass is 32.1. The van der Waals surface area contributed by atoms with Crippen molar-refractivity contribution in [3.63, 3.8) is 0 Å². The highest BCUT2D eigenvalue weighted by Gasteiger charge is 2.16. The van der Waals surface area contributed by atoms with Crippen LogP contribution in [0.25, 0.3) is 16.2 Å². The number of nitro groups is 1. The van der Waals surface area contributed by atoms with Crippen molar-refractivity contribution in [2.24, 2.45) is 21.7 Å². The van der Waals surface area contributed by atoms with Gasteiger partial charge < -0.3 is 11.5 Å². The Morgan fingerprint density at radius 3 is 3.00 bits per heavy atom. The number of non-ortho nitro benzene ring substituents is 1. The smallest absolute Gasteiger partial charge is 0.270 e. The van der Waals surface area contributed by atoms with Crippen molar-refractivity contribution < 1.29 is 4.92 Å². The van der Waals surface area contributed by atoms with Gasteiger partial charge in [0.15, 0.2) is 4.96 Å². The molecule has 0 saturated heterocycles. The number of nitro benzene ring substituents is 1. The second-order valence-electron chi connectivity index (χ2n) is 4.48. The van der Waals surface area contributed by atoms with Crippen LogP contribution in [0.5, 0.6) is 0 Å². The Kier molecular flexibility index (Phi) is 3.73. The van der Waals surface area contributed by atoms with Crippen LogP contribution in [0.3, 0.4) is 0 Å². The molecule has 2 heterocycles. The molecule has 3 rings (SSSR count). The van der Waals surface area contributed by atoms with Gasteiger partial charge in [-0.1, -0.05) is 12.1 Å². The number of hydrogen-bond donors (Lipinski definition) is 2. The number of fused-ring (bicyclic) bond motifs is 1. The topological polar surface area (TPSA) is 137 Å². The molecule has 0 bridgehead atoms. The summed E-state index contributed by atoms with van der Waals surface area (Å²) in [5, 5.41) is 20.2. The van der Waals surface area contributed by atoms with E-state index in [2.05, 4.69) is 15.2 Å². The molecule has 23 heavy (non-hydrogen) atoms. The van der Waals surface area contributed by atoms with Gasteiger partial charge >= 0.3 is 0 Å². The van der Waals surface area contributed by atoms with Gasteiger partial charge in [0.05, 0.1) is 22.5 Å². The van der Waals surface area contributed by atoms with Crippen molar-refractivity contribution in [3.05, 3.63) is 51.7 Å². The second kappa shape index (κ2) is 5.85. The molecule has 0 saturated carbocycles. The predicted octanol–water partition coefficient (Wildman–Crippen LogP) is 1.58. The molecule has 0 amide bonds. The normalized spacial score (nSPS) is 11.1. The van der Waals surface area contributed by atoms with E-state index in [1.54, 1.807) is 12.1 Å². The number of aromatic nitrogens is 2. The molecule has 2 aromatic heterocycles. The maximum atomic E-state index is 10.9. The number of guanidine groups is 1. The minimum Gasteiger partial charge on any atom is -0.369 e. The summed E-state index contributed by atoms with van der Waals surface area (Å²) in [6.45, 7) is 0. The van der Waals surface area contributed by atoms with Crippen LogP contribution in [0.1, 0.15) is 5.69 Å². The summed E-state index contributed by atoms with van der Waals surface area (Å²) in [6, 6.07) is 6.24. The minimum absolute atomic E-state index is 0.00836. The Balaban J connectivity index is 2.15. The van der Waals surface area contributed by atoms with E-state index >= 15 is 0 Å². The van der Waals surface area contributed by atoms with Crippen molar-refractivity contribution in [2.45, 2.75) is 0 Å². The molecule has 1 aromatic carbocycles. The molecule has 9 nitrogen and oxygen atoms in total. The zero-order valence-electron chi connectivity index (χ0n) is 11.7. The summed E-state index contributed by atoms with van der Waals surface area (Å²) in [5.41, 5.74) is 12.3. The van der Waals surface area contributed by atoms with E-state index in [1.165, 1.54) is 29.7 Å². The highest BCUT2D eigenvalue weighted by molar-refractivity contribution is 7.15. The Labute approximate surface area is 133 Å². The molecule has 4 N–H and O–H groups in total. The predicted molar refractivity (Wildman–Crippen MR) is 88.6 cm³/mol. The molecule has 0 fully saturated rings. The molecule has 0 aliphatic rings. The van der Waals surface area contributed by atoms with Crippen molar-refractivity contribution in [1.29, 1.82) is 0 Å². The lowest BCUT2D eigenvalue weighted by atomic mass is 10.1. The molecule has 3 aromatic rings. The molecule has 0 spiro atoms. The number of imidazole rings is 1. The SMILES string of the molecule is NC(N)=N/N=C\c1c(-c2cccc([N+](=O)[O-])c2)nc2sccn12. The fourth-order valence-corrected chi connectivity index (χ4v) is 2.78. The number of benzene rings is 1. The monoisotopic (exact) mass is 329 g/mol. The van der Waals surface area contributed by atoms with Gasteiger partial charge in [0.2, 0.25) is 5.96 Å². The zero-order chi connectivity index (χ0) is 16.4. The molecule has 0 aliphatic heterocycles. The van der Waals surface area contributed by atoms with Gasteiger partial charge in [0.1, 0.15) is 0 Å². The quantitative estimate of drug-likeness (QED) is 0.324. The van der Waals surface area contributed by atoms with Gasteiger partial charge in [0.25, 0.3) is 5.69 Å². The summed E-state index contributed by atoms with van der Waals surface area (Å²) < 4.78 is 1.81. The first kappa shape index (κ1) is 14.7. The third-order valence-electron chi connectivity index (χ3n) is 2.98. The number of thiazole rings is 1. The van der Waals surface area contributed by atoms with Crippen LogP contribution in [-0.4, -0.2) is 26.5 Å². The molecular weight excluding hydrogens is 318 g/mol. The zero-order valence-corrected chi connectivity index (χ0v) is 12.5. The lowest BCUT2D eigenvalue weighted by Crippen LogP contribution is -2.21. The maximum Gasteiger partial charge on any atom is 0.270 e. The largest absolute Gasteiger partial charge is 0.369 e. The third kappa shape index (κ3) is 2.87. The van der Waals surface area contributed by atoms with Gasteiger partial charge in [-0.15, -0.1) is 16.4 Å². The molecule has 10 heteroatoms. The first-order valence-corrected chi connectivity index (χ1v) is 7.26. The summed E-state index contributed by atoms with van der Waals surface area (Å²) >= 11 is 1.44. The van der Waals surface area contributed by atoms with Crippen LogP contribution in [0.4, 0.5) is 5.69 Å². The Morgan fingerprint density at radius 1 is 1.43 bits per heavy atom. The minimum atomic E-state index is -0.449. The van der Waals surface area contributed by atoms with Crippen molar-refractivity contribution in [2.75, 3.05) is 0 Å². The molecule has 0 unspecified atom stereocenters. The van der Waals surface area contributed by atoms with Gasteiger partial charge in [0, 0.05) is 29.3 Å². The Bertz CT molecular complexity index is 937. The summed E-state index contributed by atoms with van der Waals surface area (Å²) in [6.07, 6.45) is 3.28.